The molecule has 0 amide bonds. The molecule has 0 spiro atoms. The Morgan fingerprint density at radius 1 is 0.806 bits per heavy atom. The molecule has 3 aromatic rings. The molecule has 2 N–H and O–H groups in total. The van der Waals surface area contributed by atoms with E-state index in [4.69, 9.17) is 4.74 Å². The monoisotopic (exact) mass is 415 g/mol. The average molecular weight is 416 g/mol. The van der Waals surface area contributed by atoms with Crippen molar-refractivity contribution in [2.45, 2.75) is 18.7 Å². The van der Waals surface area contributed by atoms with Gasteiger partial charge in [-0.15, -0.1) is 0 Å². The topological polar surface area (TPSA) is 53.6 Å². The number of esters is 1. The Balaban J connectivity index is 1.90. The fraction of sp³-hybridized carbons (Fsp3) is 0.269. The van der Waals surface area contributed by atoms with Gasteiger partial charge < -0.3 is 20.3 Å². The molecule has 1 aliphatic rings. The summed E-state index contributed by atoms with van der Waals surface area (Å²) in [6, 6.07) is 22.6. The van der Waals surface area contributed by atoms with Crippen LogP contribution in [0.3, 0.4) is 0 Å². The molecular weight excluding hydrogens is 386 g/mol. The lowest BCUT2D eigenvalue weighted by molar-refractivity contribution is 0.0251. The number of fused-ring (bicyclic) bond motifs is 1. The quantitative estimate of drug-likeness (QED) is 0.577. The molecule has 5 heteroatoms. The minimum atomic E-state index is -0.965. The highest BCUT2D eigenvalue weighted by atomic mass is 16.6. The second-order valence-electron chi connectivity index (χ2n) is 8.15. The van der Waals surface area contributed by atoms with Crippen molar-refractivity contribution in [2.75, 3.05) is 33.1 Å². The number of nitrogens with zero attached hydrogens (tertiary/aromatic N) is 1. The number of hydrogen-bond donors (Lipinski definition) is 2. The molecule has 0 radical (unpaired) electrons. The number of anilines is 1. The van der Waals surface area contributed by atoms with Crippen molar-refractivity contribution >= 4 is 11.7 Å². The third kappa shape index (κ3) is 3.71. The zero-order valence-electron chi connectivity index (χ0n) is 18.5. The molecule has 0 aliphatic carbocycles. The van der Waals surface area contributed by atoms with Gasteiger partial charge in [0.05, 0.1) is 5.56 Å². The lowest BCUT2D eigenvalue weighted by Gasteiger charge is -2.31. The van der Waals surface area contributed by atoms with E-state index in [2.05, 4.69) is 70.1 Å². The molecule has 4 rings (SSSR count). The third-order valence-electron chi connectivity index (χ3n) is 5.84. The molecule has 0 saturated carbocycles. The van der Waals surface area contributed by atoms with E-state index in [1.54, 1.807) is 0 Å². The summed E-state index contributed by atoms with van der Waals surface area (Å²) >= 11 is 0. The van der Waals surface area contributed by atoms with Crippen LogP contribution in [0.4, 0.5) is 5.69 Å². The maximum absolute atomic E-state index is 13.1. The van der Waals surface area contributed by atoms with E-state index in [0.29, 0.717) is 12.1 Å². The first-order valence-electron chi connectivity index (χ1n) is 10.5. The summed E-state index contributed by atoms with van der Waals surface area (Å²) in [5.41, 5.74) is 5.76. The molecule has 160 valence electrons. The zero-order chi connectivity index (χ0) is 22.0. The van der Waals surface area contributed by atoms with Crippen LogP contribution in [0.1, 0.15) is 38.2 Å². The summed E-state index contributed by atoms with van der Waals surface area (Å²) in [5, 5.41) is 6.32. The SMILES string of the molecule is CNCc1ccc(C2(c3ccc(N(C)C)cc3)OC(=O)c3cc(CNC)ccc32)cc1. The van der Waals surface area contributed by atoms with Crippen molar-refractivity contribution in [3.63, 3.8) is 0 Å². The van der Waals surface area contributed by atoms with Crippen molar-refractivity contribution in [3.05, 3.63) is 100 Å². The normalized spacial score (nSPS) is 17.4. The Kier molecular flexibility index (Phi) is 5.81. The summed E-state index contributed by atoms with van der Waals surface area (Å²) in [6.45, 7) is 1.48. The molecule has 1 unspecified atom stereocenters. The maximum atomic E-state index is 13.1. The number of nitrogens with one attached hydrogen (secondary N) is 2. The van der Waals surface area contributed by atoms with E-state index in [1.165, 1.54) is 5.56 Å². The number of carbonyl (C=O) groups excluding carboxylic acids is 1. The Labute approximate surface area is 184 Å². The van der Waals surface area contributed by atoms with Crippen LogP contribution in [-0.4, -0.2) is 34.2 Å². The van der Waals surface area contributed by atoms with Gasteiger partial charge in [-0.05, 0) is 43.4 Å². The number of carbonyl (C=O) groups is 1. The van der Waals surface area contributed by atoms with E-state index in [-0.39, 0.29) is 5.97 Å². The molecular formula is C26H29N3O2. The minimum Gasteiger partial charge on any atom is -0.441 e. The molecule has 3 aromatic carbocycles. The predicted molar refractivity (Wildman–Crippen MR) is 124 cm³/mol. The van der Waals surface area contributed by atoms with Crippen LogP contribution in [0.25, 0.3) is 0 Å². The molecule has 0 bridgehead atoms. The molecule has 1 atom stereocenters. The van der Waals surface area contributed by atoms with E-state index in [1.807, 2.05) is 40.3 Å². The van der Waals surface area contributed by atoms with E-state index in [9.17, 15) is 4.79 Å². The van der Waals surface area contributed by atoms with Crippen molar-refractivity contribution < 1.29 is 9.53 Å². The average Bonchev–Trinajstić information content (AvgIpc) is 3.08. The first-order valence-corrected chi connectivity index (χ1v) is 10.5. The zero-order valence-corrected chi connectivity index (χ0v) is 18.5. The third-order valence-corrected chi connectivity index (χ3v) is 5.84. The standard InChI is InChI=1S/C26H29N3O2/c1-27-16-18-5-8-20(9-6-18)26(21-10-12-22(13-11-21)29(3)4)24-14-7-19(17-28-2)15-23(24)25(30)31-26/h5-15,27-28H,16-17H2,1-4H3. The smallest absolute Gasteiger partial charge is 0.340 e. The van der Waals surface area contributed by atoms with Gasteiger partial charge in [0, 0.05) is 49.6 Å². The first kappa shape index (κ1) is 21.1. The Hall–Kier alpha value is -3.15. The summed E-state index contributed by atoms with van der Waals surface area (Å²) in [6.07, 6.45) is 0. The highest BCUT2D eigenvalue weighted by Crippen LogP contribution is 2.47. The van der Waals surface area contributed by atoms with Crippen molar-refractivity contribution in [3.8, 4) is 0 Å². The molecule has 0 aromatic heterocycles. The Bertz CT molecular complexity index is 1070. The molecule has 1 heterocycles. The van der Waals surface area contributed by atoms with Gasteiger partial charge in [0.1, 0.15) is 0 Å². The number of hydrogen-bond acceptors (Lipinski definition) is 5. The minimum absolute atomic E-state index is 0.288. The number of cyclic esters (lactones) is 1. The van der Waals surface area contributed by atoms with Crippen LogP contribution in [0.15, 0.2) is 66.7 Å². The van der Waals surface area contributed by atoms with Crippen molar-refractivity contribution in [1.29, 1.82) is 0 Å². The van der Waals surface area contributed by atoms with Crippen LogP contribution < -0.4 is 15.5 Å². The number of ether oxygens (including phenoxy) is 1. The maximum Gasteiger partial charge on any atom is 0.340 e. The van der Waals surface area contributed by atoms with Gasteiger partial charge >= 0.3 is 5.97 Å². The van der Waals surface area contributed by atoms with Crippen molar-refractivity contribution in [1.82, 2.24) is 10.6 Å². The van der Waals surface area contributed by atoms with Gasteiger partial charge in [0.15, 0.2) is 5.60 Å². The summed E-state index contributed by atoms with van der Waals surface area (Å²) in [4.78, 5) is 15.1. The highest BCUT2D eigenvalue weighted by Gasteiger charge is 2.48. The number of rotatable bonds is 7. The van der Waals surface area contributed by atoms with Gasteiger partial charge in [0.25, 0.3) is 0 Å². The molecule has 5 nitrogen and oxygen atoms in total. The van der Waals surface area contributed by atoms with Crippen LogP contribution in [-0.2, 0) is 23.4 Å². The van der Waals surface area contributed by atoms with E-state index in [0.717, 1.165) is 34.5 Å². The van der Waals surface area contributed by atoms with Gasteiger partial charge in [-0.25, -0.2) is 4.79 Å². The first-order chi connectivity index (χ1) is 15.0. The van der Waals surface area contributed by atoms with Crippen LogP contribution in [0.5, 0.6) is 0 Å². The largest absolute Gasteiger partial charge is 0.441 e. The fourth-order valence-electron chi connectivity index (χ4n) is 4.28. The lowest BCUT2D eigenvalue weighted by Crippen LogP contribution is -2.29. The Morgan fingerprint density at radius 2 is 1.35 bits per heavy atom. The van der Waals surface area contributed by atoms with Gasteiger partial charge in [-0.1, -0.05) is 48.5 Å². The fourth-order valence-corrected chi connectivity index (χ4v) is 4.28. The second-order valence-corrected chi connectivity index (χ2v) is 8.15. The molecule has 1 aliphatic heterocycles. The summed E-state index contributed by atoms with van der Waals surface area (Å²) in [5.74, 6) is -0.288. The van der Waals surface area contributed by atoms with Gasteiger partial charge in [-0.2, -0.15) is 0 Å². The van der Waals surface area contributed by atoms with Crippen LogP contribution in [0.2, 0.25) is 0 Å². The van der Waals surface area contributed by atoms with Gasteiger partial charge in [-0.3, -0.25) is 0 Å². The van der Waals surface area contributed by atoms with E-state index >= 15 is 0 Å². The Morgan fingerprint density at radius 3 is 1.94 bits per heavy atom. The van der Waals surface area contributed by atoms with Crippen LogP contribution >= 0.6 is 0 Å². The highest BCUT2D eigenvalue weighted by molar-refractivity contribution is 5.96. The molecule has 0 saturated heterocycles. The summed E-state index contributed by atoms with van der Waals surface area (Å²) in [7, 11) is 7.85. The molecule has 31 heavy (non-hydrogen) atoms. The van der Waals surface area contributed by atoms with Crippen molar-refractivity contribution in [2.24, 2.45) is 0 Å². The lowest BCUT2D eigenvalue weighted by atomic mass is 9.79. The van der Waals surface area contributed by atoms with Crippen LogP contribution in [0, 0.1) is 0 Å². The second kappa shape index (κ2) is 8.53. The van der Waals surface area contributed by atoms with Gasteiger partial charge in [0.2, 0.25) is 0 Å². The predicted octanol–water partition coefficient (Wildman–Crippen LogP) is 3.65. The molecule has 0 fully saturated rings. The summed E-state index contributed by atoms with van der Waals surface area (Å²) < 4.78 is 6.24. The van der Waals surface area contributed by atoms with E-state index < -0.39 is 5.60 Å². The number of benzene rings is 3.